The smallest absolute Gasteiger partial charge is 0.410 e. The first-order chi connectivity index (χ1) is 15.3. The molecular weight excluding hydrogens is 541 g/mol. The van der Waals surface area contributed by atoms with Gasteiger partial charge in [-0.25, -0.2) is 9.78 Å². The minimum atomic E-state index is -0.201. The molecular formula is C24H27ClIN3O3. The van der Waals surface area contributed by atoms with Crippen LogP contribution in [0.4, 0.5) is 4.79 Å². The van der Waals surface area contributed by atoms with E-state index < -0.39 is 0 Å². The summed E-state index contributed by atoms with van der Waals surface area (Å²) in [6, 6.07) is 5.93. The summed E-state index contributed by atoms with van der Waals surface area (Å²) in [6.07, 6.45) is 5.64. The van der Waals surface area contributed by atoms with Gasteiger partial charge in [0.05, 0.1) is 22.1 Å². The molecule has 170 valence electrons. The van der Waals surface area contributed by atoms with Gasteiger partial charge in [-0.05, 0) is 75.3 Å². The van der Waals surface area contributed by atoms with Crippen molar-refractivity contribution in [3.8, 4) is 0 Å². The van der Waals surface area contributed by atoms with E-state index in [0.717, 1.165) is 55.4 Å². The zero-order chi connectivity index (χ0) is 22.2. The molecule has 4 saturated carbocycles. The molecule has 0 spiro atoms. The summed E-state index contributed by atoms with van der Waals surface area (Å²) in [5.41, 5.74) is 1.68. The summed E-state index contributed by atoms with van der Waals surface area (Å²) in [5, 5.41) is 0.691. The third kappa shape index (κ3) is 3.21. The summed E-state index contributed by atoms with van der Waals surface area (Å²) in [7, 11) is 0. The maximum atomic E-state index is 13.2. The predicted molar refractivity (Wildman–Crippen MR) is 130 cm³/mol. The minimum Gasteiger partial charge on any atom is -0.446 e. The van der Waals surface area contributed by atoms with E-state index in [2.05, 4.69) is 9.55 Å². The van der Waals surface area contributed by atoms with Crippen molar-refractivity contribution in [1.29, 1.82) is 0 Å². The van der Waals surface area contributed by atoms with E-state index in [1.54, 1.807) is 0 Å². The Hall–Kier alpha value is -1.35. The van der Waals surface area contributed by atoms with Crippen LogP contribution in [0, 0.1) is 30.1 Å². The number of rotatable bonds is 3. The number of aryl methyl sites for hydroxylation is 1. The average Bonchev–Trinajstić information content (AvgIpc) is 3.34. The molecule has 1 amide bonds. The van der Waals surface area contributed by atoms with Crippen LogP contribution in [0.2, 0.25) is 5.02 Å². The number of benzene rings is 1. The Morgan fingerprint density at radius 3 is 2.69 bits per heavy atom. The molecule has 4 aliphatic carbocycles. The number of likely N-dealkylation sites (tertiary alicyclic amines) is 1. The normalized spacial score (nSPS) is 35.6. The highest BCUT2D eigenvalue weighted by molar-refractivity contribution is 14.1. The lowest BCUT2D eigenvalue weighted by atomic mass is 9.49. The summed E-state index contributed by atoms with van der Waals surface area (Å²) in [5.74, 6) is 2.21. The van der Waals surface area contributed by atoms with Gasteiger partial charge in [0.25, 0.3) is 0 Å². The average molecular weight is 568 g/mol. The molecule has 32 heavy (non-hydrogen) atoms. The number of aromatic nitrogens is 2. The third-order valence-electron chi connectivity index (χ3n) is 8.46. The van der Waals surface area contributed by atoms with Gasteiger partial charge in [-0.3, -0.25) is 4.79 Å². The maximum Gasteiger partial charge on any atom is 0.410 e. The number of nitrogens with zero attached hydrogens (tertiary/aromatic N) is 3. The fourth-order valence-electron chi connectivity index (χ4n) is 7.39. The molecule has 5 aliphatic rings. The molecule has 1 aliphatic heterocycles. The lowest BCUT2D eigenvalue weighted by molar-refractivity contribution is -0.153. The van der Waals surface area contributed by atoms with Crippen LogP contribution in [0.1, 0.15) is 50.4 Å². The number of ether oxygens (including phenoxy) is 1. The number of hydrogen-bond donors (Lipinski definition) is 0. The molecule has 1 aromatic heterocycles. The largest absolute Gasteiger partial charge is 0.446 e. The Labute approximate surface area is 206 Å². The fourth-order valence-corrected chi connectivity index (χ4v) is 8.31. The molecule has 8 heteroatoms. The van der Waals surface area contributed by atoms with Crippen molar-refractivity contribution in [2.24, 2.45) is 23.2 Å². The molecule has 2 heterocycles. The highest BCUT2D eigenvalue weighted by atomic mass is 127. The Morgan fingerprint density at radius 1 is 1.22 bits per heavy atom. The molecule has 0 N–H and O–H groups in total. The molecule has 0 radical (unpaired) electrons. The topological polar surface area (TPSA) is 64.4 Å². The summed E-state index contributed by atoms with van der Waals surface area (Å²) in [6.45, 7) is 3.28. The van der Waals surface area contributed by atoms with Crippen LogP contribution in [0.3, 0.4) is 0 Å². The van der Waals surface area contributed by atoms with E-state index in [4.69, 9.17) is 16.3 Å². The van der Waals surface area contributed by atoms with E-state index in [9.17, 15) is 9.59 Å². The molecule has 7 rings (SSSR count). The molecule has 5 fully saturated rings. The van der Waals surface area contributed by atoms with Crippen molar-refractivity contribution in [1.82, 2.24) is 14.5 Å². The van der Waals surface area contributed by atoms with E-state index >= 15 is 0 Å². The van der Waals surface area contributed by atoms with Crippen molar-refractivity contribution < 1.29 is 14.3 Å². The molecule has 1 aromatic carbocycles. The van der Waals surface area contributed by atoms with Crippen molar-refractivity contribution in [3.63, 3.8) is 0 Å². The molecule has 2 aromatic rings. The lowest BCUT2D eigenvalue weighted by Gasteiger charge is -2.58. The number of para-hydroxylation sites is 1. The van der Waals surface area contributed by atoms with Gasteiger partial charge in [0.1, 0.15) is 11.9 Å². The minimum absolute atomic E-state index is 0.0350. The van der Waals surface area contributed by atoms with Crippen LogP contribution in [-0.4, -0.2) is 43.5 Å². The van der Waals surface area contributed by atoms with Crippen LogP contribution < -0.4 is 0 Å². The Kier molecular flexibility index (Phi) is 5.02. The second-order valence-corrected chi connectivity index (χ2v) is 11.8. The van der Waals surface area contributed by atoms with Gasteiger partial charge < -0.3 is 14.2 Å². The zero-order valence-corrected chi connectivity index (χ0v) is 21.0. The quantitative estimate of drug-likeness (QED) is 0.361. The number of hydrogen-bond acceptors (Lipinski definition) is 4. The van der Waals surface area contributed by atoms with Crippen LogP contribution >= 0.6 is 34.2 Å². The lowest BCUT2D eigenvalue weighted by Crippen LogP contribution is -2.57. The first-order valence-corrected chi connectivity index (χ1v) is 13.1. The van der Waals surface area contributed by atoms with Gasteiger partial charge in [-0.1, -0.05) is 17.7 Å². The van der Waals surface area contributed by atoms with E-state index in [1.807, 2.05) is 52.6 Å². The van der Waals surface area contributed by atoms with Crippen LogP contribution in [0.25, 0.3) is 11.0 Å². The van der Waals surface area contributed by atoms with Crippen molar-refractivity contribution in [2.75, 3.05) is 13.1 Å². The highest BCUT2D eigenvalue weighted by Gasteiger charge is 2.59. The number of imidazole rings is 1. The Bertz CT molecular complexity index is 1100. The maximum absolute atomic E-state index is 13.2. The number of halogens is 2. The van der Waals surface area contributed by atoms with Gasteiger partial charge in [-0.15, -0.1) is 0 Å². The number of carbonyl (C=O) groups excluding carboxylic acids is 2. The SMILES string of the molecule is Cc1nc2cccc(Cl)c2n1[C@H]1CCN(C(=O)OC2C3CC4CC2CC(C(=O)I)(C4)C3)C1. The van der Waals surface area contributed by atoms with Gasteiger partial charge in [0.15, 0.2) is 3.79 Å². The summed E-state index contributed by atoms with van der Waals surface area (Å²) >= 11 is 8.49. The number of fused-ring (bicyclic) bond motifs is 1. The summed E-state index contributed by atoms with van der Waals surface area (Å²) < 4.78 is 8.66. The standard InChI is InChI=1S/C24H27ClIN3O3/c1-13-27-19-4-2-3-18(25)20(19)29(13)17-5-6-28(12-17)23(31)32-21-15-7-14-8-16(21)11-24(9-14,10-15)22(26)30/h2-4,14-17,21H,5-12H2,1H3/t14?,15?,16?,17-,21?,24?/m0/s1. The Morgan fingerprint density at radius 2 is 1.97 bits per heavy atom. The van der Waals surface area contributed by atoms with Gasteiger partial charge in [0, 0.05) is 41.1 Å². The first kappa shape index (κ1) is 21.2. The van der Waals surface area contributed by atoms with E-state index in [0.29, 0.717) is 39.7 Å². The van der Waals surface area contributed by atoms with Gasteiger partial charge in [0.2, 0.25) is 0 Å². The number of carbonyl (C=O) groups is 2. The monoisotopic (exact) mass is 567 g/mol. The van der Waals surface area contributed by atoms with Crippen molar-refractivity contribution in [3.05, 3.63) is 29.0 Å². The van der Waals surface area contributed by atoms with Crippen LogP contribution in [0.5, 0.6) is 0 Å². The van der Waals surface area contributed by atoms with Crippen molar-refractivity contribution in [2.45, 2.75) is 57.6 Å². The first-order valence-electron chi connectivity index (χ1n) is 11.6. The van der Waals surface area contributed by atoms with Gasteiger partial charge >= 0.3 is 6.09 Å². The summed E-state index contributed by atoms with van der Waals surface area (Å²) in [4.78, 5) is 32.1. The van der Waals surface area contributed by atoms with E-state index in [-0.39, 0.29) is 23.7 Å². The highest BCUT2D eigenvalue weighted by Crippen LogP contribution is 2.61. The predicted octanol–water partition coefficient (Wildman–Crippen LogP) is 5.54. The molecule has 4 bridgehead atoms. The van der Waals surface area contributed by atoms with Gasteiger partial charge in [-0.2, -0.15) is 0 Å². The number of amides is 1. The van der Waals surface area contributed by atoms with Crippen LogP contribution in [-0.2, 0) is 9.53 Å². The second-order valence-electron chi connectivity index (χ2n) is 10.4. The molecule has 1 saturated heterocycles. The molecule has 2 unspecified atom stereocenters. The second kappa shape index (κ2) is 7.58. The zero-order valence-electron chi connectivity index (χ0n) is 18.1. The van der Waals surface area contributed by atoms with Crippen LogP contribution in [0.15, 0.2) is 18.2 Å². The molecule has 6 nitrogen and oxygen atoms in total. The fraction of sp³-hybridized carbons (Fsp3) is 0.625. The molecule has 3 atom stereocenters. The van der Waals surface area contributed by atoms with E-state index in [1.165, 1.54) is 0 Å². The van der Waals surface area contributed by atoms with Crippen molar-refractivity contribution >= 4 is 55.1 Å². The Balaban J connectivity index is 1.17. The third-order valence-corrected chi connectivity index (χ3v) is 9.91.